The Morgan fingerprint density at radius 2 is 1.97 bits per heavy atom. The van der Waals surface area contributed by atoms with Gasteiger partial charge < -0.3 is 14.8 Å². The van der Waals surface area contributed by atoms with Crippen molar-refractivity contribution < 1.29 is 9.52 Å². The molecule has 3 aromatic heterocycles. The fourth-order valence-corrected chi connectivity index (χ4v) is 3.17. The third-order valence-electron chi connectivity index (χ3n) is 4.48. The zero-order valence-electron chi connectivity index (χ0n) is 15.6. The first kappa shape index (κ1) is 18.4. The van der Waals surface area contributed by atoms with Gasteiger partial charge in [-0.15, -0.1) is 0 Å². The van der Waals surface area contributed by atoms with Gasteiger partial charge in [0, 0.05) is 24.4 Å². The van der Waals surface area contributed by atoms with Crippen LogP contribution in [0.15, 0.2) is 62.7 Å². The van der Waals surface area contributed by atoms with Gasteiger partial charge in [0.05, 0.1) is 5.39 Å². The van der Waals surface area contributed by atoms with Crippen molar-refractivity contribution in [3.05, 3.63) is 80.8 Å². The van der Waals surface area contributed by atoms with Crippen molar-refractivity contribution in [3.63, 3.8) is 0 Å². The minimum absolute atomic E-state index is 0.0971. The molecule has 0 aliphatic heterocycles. The second-order valence-electron chi connectivity index (χ2n) is 6.54. The third kappa shape index (κ3) is 3.73. The first-order chi connectivity index (χ1) is 14.0. The maximum Gasteiger partial charge on any atom is 0.347 e. The molecule has 0 saturated heterocycles. The molecule has 8 nitrogen and oxygen atoms in total. The zero-order chi connectivity index (χ0) is 20.4. The van der Waals surface area contributed by atoms with Crippen LogP contribution in [0.2, 0.25) is 0 Å². The van der Waals surface area contributed by atoms with E-state index in [2.05, 4.69) is 20.3 Å². The van der Waals surface area contributed by atoms with Crippen molar-refractivity contribution in [2.45, 2.75) is 13.3 Å². The Hall–Kier alpha value is -3.94. The minimum atomic E-state index is -0.737. The van der Waals surface area contributed by atoms with Gasteiger partial charge in [0.1, 0.15) is 17.1 Å². The second-order valence-corrected chi connectivity index (χ2v) is 6.54. The molecule has 8 heteroatoms. The molecule has 0 unspecified atom stereocenters. The summed E-state index contributed by atoms with van der Waals surface area (Å²) in [6.07, 6.45) is 2.19. The summed E-state index contributed by atoms with van der Waals surface area (Å²) < 4.78 is 5.07. The van der Waals surface area contributed by atoms with Crippen LogP contribution in [-0.4, -0.2) is 26.6 Å². The van der Waals surface area contributed by atoms with Crippen LogP contribution in [0.25, 0.3) is 22.2 Å². The predicted octanol–water partition coefficient (Wildman–Crippen LogP) is 2.61. The van der Waals surface area contributed by atoms with Crippen molar-refractivity contribution in [1.82, 2.24) is 15.0 Å². The average molecular weight is 390 g/mol. The summed E-state index contributed by atoms with van der Waals surface area (Å²) in [6, 6.07) is 12.7. The summed E-state index contributed by atoms with van der Waals surface area (Å²) in [4.78, 5) is 36.1. The monoisotopic (exact) mass is 390 g/mol. The van der Waals surface area contributed by atoms with Crippen LogP contribution >= 0.6 is 0 Å². The number of hydrogen-bond acceptors (Lipinski definition) is 7. The van der Waals surface area contributed by atoms with E-state index in [1.54, 1.807) is 6.92 Å². The minimum Gasteiger partial charge on any atom is -0.507 e. The standard InChI is InChI=1S/C21H18N4O4/c1-12-11-15(26)16(20(28)29-12)14-8-10-22-18-17(14)19(27)25-21(24-18)23-9-7-13-5-3-2-4-6-13/h2-6,8,10-11,26H,7,9H2,1H3,(H2,22,23,24,25,27). The Kier molecular flexibility index (Phi) is 4.82. The van der Waals surface area contributed by atoms with E-state index in [9.17, 15) is 14.7 Å². The van der Waals surface area contributed by atoms with Crippen molar-refractivity contribution in [3.8, 4) is 16.9 Å². The molecule has 0 atom stereocenters. The number of anilines is 1. The predicted molar refractivity (Wildman–Crippen MR) is 109 cm³/mol. The summed E-state index contributed by atoms with van der Waals surface area (Å²) in [5, 5.41) is 13.4. The van der Waals surface area contributed by atoms with E-state index in [-0.39, 0.29) is 39.6 Å². The molecule has 0 aliphatic carbocycles. The van der Waals surface area contributed by atoms with Crippen LogP contribution in [0.3, 0.4) is 0 Å². The highest BCUT2D eigenvalue weighted by atomic mass is 16.4. The SMILES string of the molecule is Cc1cc(O)c(-c2ccnc3nc(NCCc4ccccc4)[nH]c(=O)c23)c(=O)o1. The highest BCUT2D eigenvalue weighted by Gasteiger charge is 2.18. The molecule has 0 amide bonds. The molecule has 3 N–H and O–H groups in total. The number of fused-ring (bicyclic) bond motifs is 1. The van der Waals surface area contributed by atoms with Gasteiger partial charge in [-0.1, -0.05) is 30.3 Å². The van der Waals surface area contributed by atoms with E-state index < -0.39 is 11.2 Å². The van der Waals surface area contributed by atoms with Crippen molar-refractivity contribution in [2.24, 2.45) is 0 Å². The van der Waals surface area contributed by atoms with E-state index in [0.717, 1.165) is 12.0 Å². The second kappa shape index (κ2) is 7.59. The number of aromatic hydroxyl groups is 1. The summed E-state index contributed by atoms with van der Waals surface area (Å²) in [5.74, 6) is 0.283. The molecular formula is C21H18N4O4. The Bertz CT molecular complexity index is 1300. The number of H-pyrrole nitrogens is 1. The van der Waals surface area contributed by atoms with E-state index in [1.807, 2.05) is 30.3 Å². The number of benzene rings is 1. The number of aromatic nitrogens is 3. The van der Waals surface area contributed by atoms with Crippen LogP contribution in [0.5, 0.6) is 5.75 Å². The topological polar surface area (TPSA) is 121 Å². The molecule has 4 aromatic rings. The molecule has 0 fully saturated rings. The normalized spacial score (nSPS) is 10.9. The Balaban J connectivity index is 1.70. The summed E-state index contributed by atoms with van der Waals surface area (Å²) in [7, 11) is 0. The fourth-order valence-electron chi connectivity index (χ4n) is 3.17. The van der Waals surface area contributed by atoms with Crippen molar-refractivity contribution in [2.75, 3.05) is 11.9 Å². The van der Waals surface area contributed by atoms with E-state index >= 15 is 0 Å². The van der Waals surface area contributed by atoms with Gasteiger partial charge in [0.15, 0.2) is 5.65 Å². The van der Waals surface area contributed by atoms with E-state index in [0.29, 0.717) is 6.54 Å². The quantitative estimate of drug-likeness (QED) is 0.479. The molecule has 3 heterocycles. The van der Waals surface area contributed by atoms with E-state index in [4.69, 9.17) is 4.42 Å². The lowest BCUT2D eigenvalue weighted by Gasteiger charge is -2.09. The van der Waals surface area contributed by atoms with Crippen molar-refractivity contribution in [1.29, 1.82) is 0 Å². The molecule has 0 spiro atoms. The molecule has 29 heavy (non-hydrogen) atoms. The third-order valence-corrected chi connectivity index (χ3v) is 4.48. The molecule has 146 valence electrons. The summed E-state index contributed by atoms with van der Waals surface area (Å²) >= 11 is 0. The first-order valence-corrected chi connectivity index (χ1v) is 9.04. The van der Waals surface area contributed by atoms with Gasteiger partial charge in [0.2, 0.25) is 5.95 Å². The van der Waals surface area contributed by atoms with Gasteiger partial charge in [0.25, 0.3) is 5.56 Å². The van der Waals surface area contributed by atoms with Crippen molar-refractivity contribution >= 4 is 17.0 Å². The number of nitrogens with one attached hydrogen (secondary N) is 2. The largest absolute Gasteiger partial charge is 0.507 e. The molecule has 0 aliphatic rings. The maximum absolute atomic E-state index is 12.7. The summed E-state index contributed by atoms with van der Waals surface area (Å²) in [6.45, 7) is 2.12. The molecule has 4 rings (SSSR count). The lowest BCUT2D eigenvalue weighted by Crippen LogP contribution is -2.17. The van der Waals surface area contributed by atoms with Gasteiger partial charge in [-0.3, -0.25) is 9.78 Å². The molecular weight excluding hydrogens is 372 g/mol. The average Bonchev–Trinajstić information content (AvgIpc) is 2.68. The van der Waals surface area contributed by atoms with Crippen LogP contribution in [0.1, 0.15) is 11.3 Å². The van der Waals surface area contributed by atoms with Crippen LogP contribution in [0, 0.1) is 6.92 Å². The number of hydrogen-bond donors (Lipinski definition) is 3. The smallest absolute Gasteiger partial charge is 0.347 e. The number of aryl methyl sites for hydroxylation is 1. The van der Waals surface area contributed by atoms with Crippen LogP contribution < -0.4 is 16.5 Å². The number of aromatic amines is 1. The van der Waals surface area contributed by atoms with E-state index in [1.165, 1.54) is 18.3 Å². The molecule has 0 radical (unpaired) electrons. The fraction of sp³-hybridized carbons (Fsp3) is 0.143. The zero-order valence-corrected chi connectivity index (χ0v) is 15.6. The highest BCUT2D eigenvalue weighted by molar-refractivity contribution is 5.93. The van der Waals surface area contributed by atoms with Crippen LogP contribution in [0.4, 0.5) is 5.95 Å². The molecule has 1 aromatic carbocycles. The Morgan fingerprint density at radius 1 is 1.17 bits per heavy atom. The lowest BCUT2D eigenvalue weighted by molar-refractivity contribution is 0.438. The number of pyridine rings is 1. The Labute approximate surface area is 164 Å². The van der Waals surface area contributed by atoms with Gasteiger partial charge in [-0.25, -0.2) is 9.78 Å². The lowest BCUT2D eigenvalue weighted by atomic mass is 10.0. The first-order valence-electron chi connectivity index (χ1n) is 9.04. The van der Waals surface area contributed by atoms with Gasteiger partial charge in [-0.2, -0.15) is 4.98 Å². The summed E-state index contributed by atoms with van der Waals surface area (Å²) in [5.41, 5.74) is 0.225. The number of rotatable bonds is 5. The maximum atomic E-state index is 12.7. The molecule has 0 saturated carbocycles. The number of nitrogens with zero attached hydrogens (tertiary/aromatic N) is 2. The van der Waals surface area contributed by atoms with Gasteiger partial charge in [-0.05, 0) is 25.0 Å². The van der Waals surface area contributed by atoms with Gasteiger partial charge >= 0.3 is 5.63 Å². The van der Waals surface area contributed by atoms with Crippen LogP contribution in [-0.2, 0) is 6.42 Å². The Morgan fingerprint density at radius 3 is 2.72 bits per heavy atom. The highest BCUT2D eigenvalue weighted by Crippen LogP contribution is 2.29. The molecule has 0 bridgehead atoms.